The summed E-state index contributed by atoms with van der Waals surface area (Å²) in [6, 6.07) is 6.23. The molecule has 2 atom stereocenters. The summed E-state index contributed by atoms with van der Waals surface area (Å²) in [5.41, 5.74) is 0.109. The van der Waals surface area contributed by atoms with E-state index in [0.717, 1.165) is 5.56 Å². The number of carboxylic acids is 1. The van der Waals surface area contributed by atoms with Crippen molar-refractivity contribution in [3.63, 3.8) is 0 Å². The van der Waals surface area contributed by atoms with Gasteiger partial charge in [0.15, 0.2) is 0 Å². The topological polar surface area (TPSA) is 84.9 Å². The zero-order chi connectivity index (χ0) is 16.3. The SMILES string of the molecule is CC(C)(C)OC(=O)N[C@H](C(=O)O)C1CCOc2ccccc21. The van der Waals surface area contributed by atoms with Crippen LogP contribution in [0.15, 0.2) is 24.3 Å². The highest BCUT2D eigenvalue weighted by Gasteiger charge is 2.35. The van der Waals surface area contributed by atoms with Crippen LogP contribution in [0.1, 0.15) is 38.7 Å². The lowest BCUT2D eigenvalue weighted by Crippen LogP contribution is -2.47. The summed E-state index contributed by atoms with van der Waals surface area (Å²) in [4.78, 5) is 23.5. The van der Waals surface area contributed by atoms with Gasteiger partial charge >= 0.3 is 12.1 Å². The zero-order valence-electron chi connectivity index (χ0n) is 13.0. The molecule has 1 unspecified atom stereocenters. The van der Waals surface area contributed by atoms with E-state index in [1.807, 2.05) is 18.2 Å². The lowest BCUT2D eigenvalue weighted by atomic mass is 9.86. The number of carboxylic acid groups (broad SMARTS) is 1. The van der Waals surface area contributed by atoms with E-state index in [1.54, 1.807) is 26.8 Å². The van der Waals surface area contributed by atoms with Gasteiger partial charge in [0.1, 0.15) is 17.4 Å². The van der Waals surface area contributed by atoms with E-state index in [1.165, 1.54) is 0 Å². The van der Waals surface area contributed by atoms with E-state index < -0.39 is 23.7 Å². The Bertz CT molecular complexity index is 564. The number of alkyl carbamates (subject to hydrolysis) is 1. The van der Waals surface area contributed by atoms with Crippen LogP contribution in [-0.2, 0) is 9.53 Å². The van der Waals surface area contributed by atoms with Gasteiger partial charge in [0.05, 0.1) is 6.61 Å². The fraction of sp³-hybridized carbons (Fsp3) is 0.500. The van der Waals surface area contributed by atoms with Crippen molar-refractivity contribution in [2.75, 3.05) is 6.61 Å². The monoisotopic (exact) mass is 307 g/mol. The largest absolute Gasteiger partial charge is 0.493 e. The number of nitrogens with one attached hydrogen (secondary N) is 1. The molecule has 0 radical (unpaired) electrons. The maximum atomic E-state index is 11.9. The third-order valence-corrected chi connectivity index (χ3v) is 3.35. The lowest BCUT2D eigenvalue weighted by Gasteiger charge is -2.31. The number of para-hydroxylation sites is 1. The van der Waals surface area contributed by atoms with Gasteiger partial charge in [0.25, 0.3) is 0 Å². The van der Waals surface area contributed by atoms with E-state index in [4.69, 9.17) is 9.47 Å². The van der Waals surface area contributed by atoms with Gasteiger partial charge in [0, 0.05) is 5.92 Å². The van der Waals surface area contributed by atoms with Crippen molar-refractivity contribution in [1.82, 2.24) is 5.32 Å². The van der Waals surface area contributed by atoms with Crippen LogP contribution in [0.5, 0.6) is 5.75 Å². The number of carbonyl (C=O) groups excluding carboxylic acids is 1. The highest BCUT2D eigenvalue weighted by atomic mass is 16.6. The van der Waals surface area contributed by atoms with Gasteiger partial charge < -0.3 is 19.9 Å². The molecule has 0 spiro atoms. The molecule has 6 heteroatoms. The molecule has 0 saturated carbocycles. The van der Waals surface area contributed by atoms with E-state index in [-0.39, 0.29) is 5.92 Å². The molecule has 0 aliphatic carbocycles. The smallest absolute Gasteiger partial charge is 0.408 e. The minimum absolute atomic E-state index is 0.352. The van der Waals surface area contributed by atoms with Crippen molar-refractivity contribution < 1.29 is 24.2 Å². The molecule has 2 N–H and O–H groups in total. The number of amides is 1. The number of rotatable bonds is 3. The first-order valence-corrected chi connectivity index (χ1v) is 7.22. The Morgan fingerprint density at radius 2 is 2.05 bits per heavy atom. The average molecular weight is 307 g/mol. The van der Waals surface area contributed by atoms with Gasteiger partial charge in [-0.15, -0.1) is 0 Å². The van der Waals surface area contributed by atoms with Crippen LogP contribution in [0.2, 0.25) is 0 Å². The number of benzene rings is 1. The van der Waals surface area contributed by atoms with Gasteiger partial charge in [-0.05, 0) is 38.8 Å². The highest BCUT2D eigenvalue weighted by Crippen LogP contribution is 2.35. The Morgan fingerprint density at radius 1 is 1.36 bits per heavy atom. The molecule has 120 valence electrons. The Labute approximate surface area is 129 Å². The number of hydrogen-bond donors (Lipinski definition) is 2. The van der Waals surface area contributed by atoms with E-state index in [2.05, 4.69) is 5.32 Å². The van der Waals surface area contributed by atoms with E-state index >= 15 is 0 Å². The fourth-order valence-corrected chi connectivity index (χ4v) is 2.48. The molecule has 6 nitrogen and oxygen atoms in total. The van der Waals surface area contributed by atoms with Gasteiger partial charge in [-0.25, -0.2) is 9.59 Å². The van der Waals surface area contributed by atoms with Crippen molar-refractivity contribution in [3.8, 4) is 5.75 Å². The Morgan fingerprint density at radius 3 is 2.68 bits per heavy atom. The predicted octanol–water partition coefficient (Wildman–Crippen LogP) is 2.53. The first kappa shape index (κ1) is 16.1. The van der Waals surface area contributed by atoms with Gasteiger partial charge in [0.2, 0.25) is 0 Å². The highest BCUT2D eigenvalue weighted by molar-refractivity contribution is 5.81. The number of carbonyl (C=O) groups is 2. The maximum absolute atomic E-state index is 11.9. The van der Waals surface area contributed by atoms with Crippen LogP contribution in [-0.4, -0.2) is 35.4 Å². The van der Waals surface area contributed by atoms with Crippen LogP contribution in [0.4, 0.5) is 4.79 Å². The number of ether oxygens (including phenoxy) is 2. The van der Waals surface area contributed by atoms with Gasteiger partial charge in [-0.2, -0.15) is 0 Å². The molecule has 22 heavy (non-hydrogen) atoms. The standard InChI is InChI=1S/C16H21NO5/c1-16(2,3)22-15(20)17-13(14(18)19)11-8-9-21-12-7-5-4-6-10(11)12/h4-7,11,13H,8-9H2,1-3H3,(H,17,20)(H,18,19)/t11?,13-/m0/s1. The first-order valence-electron chi connectivity index (χ1n) is 7.22. The average Bonchev–Trinajstić information content (AvgIpc) is 2.42. The zero-order valence-corrected chi connectivity index (χ0v) is 13.0. The number of aliphatic carboxylic acids is 1. The minimum atomic E-state index is -1.09. The molecular formula is C16H21NO5. The summed E-state index contributed by atoms with van der Waals surface area (Å²) < 4.78 is 10.7. The van der Waals surface area contributed by atoms with E-state index in [9.17, 15) is 14.7 Å². The molecule has 1 aromatic rings. The molecule has 2 rings (SSSR count). The summed E-state index contributed by atoms with van der Waals surface area (Å²) in [6.07, 6.45) is -0.215. The molecule has 0 bridgehead atoms. The van der Waals surface area contributed by atoms with Crippen LogP contribution in [0.3, 0.4) is 0 Å². The lowest BCUT2D eigenvalue weighted by molar-refractivity contribution is -0.140. The molecule has 0 aromatic heterocycles. The number of hydrogen-bond acceptors (Lipinski definition) is 4. The summed E-state index contributed by atoms with van der Waals surface area (Å²) in [7, 11) is 0. The van der Waals surface area contributed by atoms with Crippen LogP contribution in [0, 0.1) is 0 Å². The maximum Gasteiger partial charge on any atom is 0.408 e. The second kappa shape index (κ2) is 6.25. The second-order valence-corrected chi connectivity index (χ2v) is 6.24. The molecule has 0 saturated heterocycles. The Hall–Kier alpha value is -2.24. The van der Waals surface area contributed by atoms with Crippen LogP contribution < -0.4 is 10.1 Å². The molecular weight excluding hydrogens is 286 g/mol. The van der Waals surface area contributed by atoms with Gasteiger partial charge in [-0.1, -0.05) is 18.2 Å². The van der Waals surface area contributed by atoms with Crippen molar-refractivity contribution in [2.45, 2.75) is 44.8 Å². The molecule has 1 aliphatic rings. The fourth-order valence-electron chi connectivity index (χ4n) is 2.48. The Balaban J connectivity index is 2.19. The summed E-state index contributed by atoms with van der Waals surface area (Å²) in [5.74, 6) is -0.779. The molecule has 0 fully saturated rings. The Kier molecular flexibility index (Phi) is 4.59. The third-order valence-electron chi connectivity index (χ3n) is 3.35. The van der Waals surface area contributed by atoms with Gasteiger partial charge in [-0.3, -0.25) is 0 Å². The minimum Gasteiger partial charge on any atom is -0.493 e. The predicted molar refractivity (Wildman–Crippen MR) is 80.1 cm³/mol. The van der Waals surface area contributed by atoms with Crippen LogP contribution in [0.25, 0.3) is 0 Å². The van der Waals surface area contributed by atoms with Crippen molar-refractivity contribution in [3.05, 3.63) is 29.8 Å². The van der Waals surface area contributed by atoms with Crippen molar-refractivity contribution >= 4 is 12.1 Å². The normalized spacial score (nSPS) is 18.6. The first-order chi connectivity index (χ1) is 10.3. The molecule has 1 aromatic carbocycles. The third kappa shape index (κ3) is 3.90. The van der Waals surface area contributed by atoms with Crippen molar-refractivity contribution in [1.29, 1.82) is 0 Å². The van der Waals surface area contributed by atoms with E-state index in [0.29, 0.717) is 18.8 Å². The molecule has 1 heterocycles. The molecule has 1 aliphatic heterocycles. The summed E-state index contributed by atoms with van der Waals surface area (Å²) >= 11 is 0. The quantitative estimate of drug-likeness (QED) is 0.896. The molecule has 1 amide bonds. The second-order valence-electron chi connectivity index (χ2n) is 6.24. The number of fused-ring (bicyclic) bond motifs is 1. The van der Waals surface area contributed by atoms with Crippen LogP contribution >= 0.6 is 0 Å². The summed E-state index contributed by atoms with van der Waals surface area (Å²) in [5, 5.41) is 12.0. The van der Waals surface area contributed by atoms with Crippen molar-refractivity contribution in [2.24, 2.45) is 0 Å². The summed E-state index contributed by atoms with van der Waals surface area (Å²) in [6.45, 7) is 5.60.